The van der Waals surface area contributed by atoms with E-state index in [1.807, 2.05) is 6.07 Å². The Morgan fingerprint density at radius 2 is 2.22 bits per heavy atom. The normalized spacial score (nSPS) is 9.61. The Morgan fingerprint density at radius 1 is 1.39 bits per heavy atom. The van der Waals surface area contributed by atoms with Crippen LogP contribution in [0.15, 0.2) is 30.6 Å². The van der Waals surface area contributed by atoms with Crippen molar-refractivity contribution in [2.24, 2.45) is 0 Å². The van der Waals surface area contributed by atoms with Gasteiger partial charge in [0.2, 0.25) is 5.88 Å². The highest BCUT2D eigenvalue weighted by molar-refractivity contribution is 5.38. The zero-order valence-electron chi connectivity index (χ0n) is 9.51. The standard InChI is InChI=1S/C12H9FN4O/c1-15-11-6-16-7-12(17-11)18-10-3-2-8(5-14)4-9(10)13/h2-4,6-7H,1H3,(H,15,17). The highest BCUT2D eigenvalue weighted by atomic mass is 19.1. The van der Waals surface area contributed by atoms with Gasteiger partial charge in [-0.1, -0.05) is 0 Å². The summed E-state index contributed by atoms with van der Waals surface area (Å²) in [6, 6.07) is 5.79. The van der Waals surface area contributed by atoms with Crippen LogP contribution in [0.2, 0.25) is 0 Å². The van der Waals surface area contributed by atoms with E-state index >= 15 is 0 Å². The van der Waals surface area contributed by atoms with E-state index in [2.05, 4.69) is 15.3 Å². The van der Waals surface area contributed by atoms with Crippen molar-refractivity contribution in [3.63, 3.8) is 0 Å². The molecular formula is C12H9FN4O. The highest BCUT2D eigenvalue weighted by Gasteiger charge is 2.07. The number of halogens is 1. The maximum Gasteiger partial charge on any atom is 0.239 e. The second kappa shape index (κ2) is 5.10. The molecule has 0 unspecified atom stereocenters. The van der Waals surface area contributed by atoms with E-state index in [-0.39, 0.29) is 17.2 Å². The van der Waals surface area contributed by atoms with E-state index in [0.29, 0.717) is 5.82 Å². The van der Waals surface area contributed by atoms with Crippen molar-refractivity contribution < 1.29 is 9.13 Å². The molecule has 0 fully saturated rings. The largest absolute Gasteiger partial charge is 0.434 e. The van der Waals surface area contributed by atoms with Gasteiger partial charge in [0.15, 0.2) is 11.6 Å². The van der Waals surface area contributed by atoms with Gasteiger partial charge in [-0.15, -0.1) is 0 Å². The Kier molecular flexibility index (Phi) is 3.34. The average molecular weight is 244 g/mol. The molecule has 0 aliphatic heterocycles. The molecule has 0 amide bonds. The van der Waals surface area contributed by atoms with Crippen molar-refractivity contribution in [2.75, 3.05) is 12.4 Å². The monoisotopic (exact) mass is 244 g/mol. The number of nitrogens with zero attached hydrogens (tertiary/aromatic N) is 3. The van der Waals surface area contributed by atoms with Crippen molar-refractivity contribution in [3.8, 4) is 17.7 Å². The first kappa shape index (κ1) is 11.8. The predicted molar refractivity (Wildman–Crippen MR) is 62.8 cm³/mol. The fourth-order valence-electron chi connectivity index (χ4n) is 1.28. The second-order valence-electron chi connectivity index (χ2n) is 3.35. The third-order valence-electron chi connectivity index (χ3n) is 2.14. The van der Waals surface area contributed by atoms with Crippen molar-refractivity contribution in [1.82, 2.24) is 9.97 Å². The van der Waals surface area contributed by atoms with Crippen LogP contribution in [0.25, 0.3) is 0 Å². The summed E-state index contributed by atoms with van der Waals surface area (Å²) in [7, 11) is 1.69. The number of anilines is 1. The van der Waals surface area contributed by atoms with Crippen LogP contribution in [0.3, 0.4) is 0 Å². The van der Waals surface area contributed by atoms with Crippen LogP contribution in [0.1, 0.15) is 5.56 Å². The molecule has 0 aliphatic rings. The van der Waals surface area contributed by atoms with Gasteiger partial charge >= 0.3 is 0 Å². The summed E-state index contributed by atoms with van der Waals surface area (Å²) in [6.07, 6.45) is 2.89. The second-order valence-corrected chi connectivity index (χ2v) is 3.35. The number of nitriles is 1. The smallest absolute Gasteiger partial charge is 0.239 e. The van der Waals surface area contributed by atoms with Gasteiger partial charge in [-0.2, -0.15) is 10.2 Å². The molecule has 1 N–H and O–H groups in total. The number of rotatable bonds is 3. The molecule has 0 spiro atoms. The number of aromatic nitrogens is 2. The molecule has 0 radical (unpaired) electrons. The lowest BCUT2D eigenvalue weighted by molar-refractivity contribution is 0.426. The molecule has 0 saturated heterocycles. The van der Waals surface area contributed by atoms with Crippen LogP contribution in [-0.2, 0) is 0 Å². The van der Waals surface area contributed by atoms with Gasteiger partial charge in [-0.25, -0.2) is 4.39 Å². The van der Waals surface area contributed by atoms with Crippen LogP contribution in [0, 0.1) is 17.1 Å². The summed E-state index contributed by atoms with van der Waals surface area (Å²) in [5.74, 6) is 0.0641. The molecule has 2 aromatic rings. The molecule has 1 aromatic heterocycles. The fraction of sp³-hybridized carbons (Fsp3) is 0.0833. The van der Waals surface area contributed by atoms with Gasteiger partial charge in [0.1, 0.15) is 5.82 Å². The van der Waals surface area contributed by atoms with Crippen LogP contribution < -0.4 is 10.1 Å². The molecule has 0 aliphatic carbocycles. The van der Waals surface area contributed by atoms with Gasteiger partial charge < -0.3 is 10.1 Å². The van der Waals surface area contributed by atoms with Crippen LogP contribution >= 0.6 is 0 Å². The number of hydrogen-bond acceptors (Lipinski definition) is 5. The van der Waals surface area contributed by atoms with Crippen molar-refractivity contribution in [3.05, 3.63) is 42.0 Å². The van der Waals surface area contributed by atoms with E-state index in [1.54, 1.807) is 7.05 Å². The first-order chi connectivity index (χ1) is 8.72. The number of benzene rings is 1. The van der Waals surface area contributed by atoms with Gasteiger partial charge in [-0.05, 0) is 18.2 Å². The zero-order valence-corrected chi connectivity index (χ0v) is 9.51. The van der Waals surface area contributed by atoms with Crippen molar-refractivity contribution in [1.29, 1.82) is 5.26 Å². The van der Waals surface area contributed by atoms with Gasteiger partial charge in [-0.3, -0.25) is 4.98 Å². The number of hydrogen-bond donors (Lipinski definition) is 1. The highest BCUT2D eigenvalue weighted by Crippen LogP contribution is 2.23. The van der Waals surface area contributed by atoms with E-state index in [0.717, 1.165) is 6.07 Å². The van der Waals surface area contributed by atoms with E-state index in [4.69, 9.17) is 10.00 Å². The lowest BCUT2D eigenvalue weighted by Crippen LogP contribution is -1.97. The minimum atomic E-state index is -0.620. The summed E-state index contributed by atoms with van der Waals surface area (Å²) in [4.78, 5) is 7.93. The molecule has 0 atom stereocenters. The maximum absolute atomic E-state index is 13.6. The molecule has 1 aromatic carbocycles. The van der Waals surface area contributed by atoms with Gasteiger partial charge in [0.25, 0.3) is 0 Å². The Labute approximate surface area is 103 Å². The molecule has 1 heterocycles. The first-order valence-electron chi connectivity index (χ1n) is 5.10. The van der Waals surface area contributed by atoms with E-state index in [9.17, 15) is 4.39 Å². The van der Waals surface area contributed by atoms with Crippen molar-refractivity contribution in [2.45, 2.75) is 0 Å². The van der Waals surface area contributed by atoms with E-state index < -0.39 is 5.82 Å². The van der Waals surface area contributed by atoms with Crippen molar-refractivity contribution >= 4 is 5.82 Å². The quantitative estimate of drug-likeness (QED) is 0.897. The third-order valence-corrected chi connectivity index (χ3v) is 2.14. The topological polar surface area (TPSA) is 70.8 Å². The number of nitrogens with one attached hydrogen (secondary N) is 1. The maximum atomic E-state index is 13.6. The SMILES string of the molecule is CNc1cncc(Oc2ccc(C#N)cc2F)n1. The van der Waals surface area contributed by atoms with Gasteiger partial charge in [0.05, 0.1) is 24.0 Å². The lowest BCUT2D eigenvalue weighted by Gasteiger charge is -2.06. The molecule has 18 heavy (non-hydrogen) atoms. The summed E-state index contributed by atoms with van der Waals surface area (Å²) in [6.45, 7) is 0. The number of ether oxygens (including phenoxy) is 1. The third kappa shape index (κ3) is 2.52. The molecule has 6 heteroatoms. The predicted octanol–water partition coefficient (Wildman–Crippen LogP) is 2.32. The fourth-order valence-corrected chi connectivity index (χ4v) is 1.28. The van der Waals surface area contributed by atoms with Gasteiger partial charge in [0, 0.05) is 7.05 Å². The molecule has 90 valence electrons. The Bertz CT molecular complexity index is 609. The first-order valence-corrected chi connectivity index (χ1v) is 5.10. The molecular weight excluding hydrogens is 235 g/mol. The molecule has 5 nitrogen and oxygen atoms in total. The Morgan fingerprint density at radius 3 is 2.89 bits per heavy atom. The van der Waals surface area contributed by atoms with Crippen LogP contribution in [-0.4, -0.2) is 17.0 Å². The summed E-state index contributed by atoms with van der Waals surface area (Å²) in [5.41, 5.74) is 0.231. The summed E-state index contributed by atoms with van der Waals surface area (Å²) < 4.78 is 18.8. The lowest BCUT2D eigenvalue weighted by atomic mass is 10.2. The summed E-state index contributed by atoms with van der Waals surface area (Å²) in [5, 5.41) is 11.4. The van der Waals surface area contributed by atoms with E-state index in [1.165, 1.54) is 24.5 Å². The average Bonchev–Trinajstić information content (AvgIpc) is 2.41. The zero-order chi connectivity index (χ0) is 13.0. The minimum Gasteiger partial charge on any atom is -0.434 e. The molecule has 2 rings (SSSR count). The Balaban J connectivity index is 2.26. The molecule has 0 bridgehead atoms. The van der Waals surface area contributed by atoms with Crippen LogP contribution in [0.4, 0.5) is 10.2 Å². The minimum absolute atomic E-state index is 0.00319. The molecule has 0 saturated carbocycles. The Hall–Kier alpha value is -2.68. The van der Waals surface area contributed by atoms with Crippen LogP contribution in [0.5, 0.6) is 11.6 Å². The summed E-state index contributed by atoms with van der Waals surface area (Å²) >= 11 is 0.